The molecular weight excluding hydrogens is 268 g/mol. The summed E-state index contributed by atoms with van der Waals surface area (Å²) in [6.07, 6.45) is 13.1. The summed E-state index contributed by atoms with van der Waals surface area (Å²) in [6, 6.07) is 0. The van der Waals surface area contributed by atoms with Gasteiger partial charge in [0.25, 0.3) is 11.0 Å². The van der Waals surface area contributed by atoms with Crippen molar-refractivity contribution in [3.8, 4) is 0 Å². The van der Waals surface area contributed by atoms with Gasteiger partial charge in [-0.1, -0.05) is 0 Å². The lowest BCUT2D eigenvalue weighted by atomic mass is 10.8. The number of rotatable bonds is 0. The zero-order chi connectivity index (χ0) is 12.1. The molecule has 0 aliphatic heterocycles. The lowest BCUT2D eigenvalue weighted by molar-refractivity contribution is 0.509. The standard InChI is InChI=1S/2C4H4N2.ClH.H2O3S/c2*1-2-6-4-3-5-1;;1-4(2)3/h2*1-4H;1H;4H,(H,1,2,3). The van der Waals surface area contributed by atoms with E-state index in [-0.39, 0.29) is 12.4 Å². The van der Waals surface area contributed by atoms with E-state index in [9.17, 15) is 0 Å². The van der Waals surface area contributed by atoms with Crippen molar-refractivity contribution >= 4 is 23.4 Å². The molecule has 2 rings (SSSR count). The normalized spacial score (nSPS) is 7.65. The monoisotopic (exact) mass is 278 g/mol. The summed E-state index contributed by atoms with van der Waals surface area (Å²) in [5.41, 5.74) is 0. The van der Waals surface area contributed by atoms with Gasteiger partial charge < -0.3 is 0 Å². The van der Waals surface area contributed by atoms with Crippen LogP contribution < -0.4 is 0 Å². The molecule has 17 heavy (non-hydrogen) atoms. The average Bonchev–Trinajstić information content (AvgIpc) is 2.34. The van der Waals surface area contributed by atoms with Crippen molar-refractivity contribution < 1.29 is 13.0 Å². The molecule has 0 saturated carbocycles. The zero-order valence-corrected chi connectivity index (χ0v) is 10.2. The number of aromatic nitrogens is 4. The highest BCUT2D eigenvalue weighted by atomic mass is 35.5. The van der Waals surface area contributed by atoms with E-state index in [0.29, 0.717) is 0 Å². The molecule has 0 aromatic carbocycles. The Morgan fingerprint density at radius 3 is 0.824 bits per heavy atom. The van der Waals surface area contributed by atoms with Crippen molar-refractivity contribution in [3.05, 3.63) is 49.6 Å². The second-order valence-electron chi connectivity index (χ2n) is 2.03. The van der Waals surface area contributed by atoms with Crippen molar-refractivity contribution in [2.75, 3.05) is 0 Å². The molecule has 1 N–H and O–H groups in total. The van der Waals surface area contributed by atoms with Crippen molar-refractivity contribution in [3.63, 3.8) is 0 Å². The van der Waals surface area contributed by atoms with Gasteiger partial charge in [-0.05, 0) is 0 Å². The second kappa shape index (κ2) is 14.4. The third kappa shape index (κ3) is 20.4. The highest BCUT2D eigenvalue weighted by Crippen LogP contribution is 1.66. The lowest BCUT2D eigenvalue weighted by Gasteiger charge is -1.70. The molecule has 0 amide bonds. The lowest BCUT2D eigenvalue weighted by Crippen LogP contribution is -1.66. The van der Waals surface area contributed by atoms with Crippen molar-refractivity contribution in [1.29, 1.82) is 0 Å². The summed E-state index contributed by atoms with van der Waals surface area (Å²) < 4.78 is 24.2. The van der Waals surface area contributed by atoms with E-state index < -0.39 is 11.0 Å². The Bertz CT molecular complexity index is 323. The van der Waals surface area contributed by atoms with E-state index in [2.05, 4.69) is 19.9 Å². The molecule has 0 spiro atoms. The maximum atomic E-state index is 8.59. The van der Waals surface area contributed by atoms with Crippen LogP contribution in [0.5, 0.6) is 0 Å². The molecule has 94 valence electrons. The number of thiol groups is 1. The third-order valence-electron chi connectivity index (χ3n) is 0.955. The first-order chi connectivity index (χ1) is 7.73. The number of halogens is 1. The van der Waals surface area contributed by atoms with Gasteiger partial charge in [0.15, 0.2) is 0 Å². The molecule has 9 heteroatoms. The Kier molecular flexibility index (Phi) is 15.0. The first-order valence-electron chi connectivity index (χ1n) is 3.96. The van der Waals surface area contributed by atoms with Crippen LogP contribution in [0.15, 0.2) is 49.6 Å². The van der Waals surface area contributed by atoms with E-state index in [4.69, 9.17) is 13.0 Å². The smallest absolute Gasteiger partial charge is 0.254 e. The third-order valence-corrected chi connectivity index (χ3v) is 0.955. The fraction of sp³-hybridized carbons (Fsp3) is 0. The van der Waals surface area contributed by atoms with Gasteiger partial charge >= 0.3 is 0 Å². The topological polar surface area (TPSA) is 106 Å². The van der Waals surface area contributed by atoms with Gasteiger partial charge in [-0.3, -0.25) is 24.5 Å². The second-order valence-corrected chi connectivity index (χ2v) is 2.50. The van der Waals surface area contributed by atoms with Crippen LogP contribution >= 0.6 is 12.4 Å². The molecule has 0 radical (unpaired) electrons. The summed E-state index contributed by atoms with van der Waals surface area (Å²) in [5, 5.41) is 0. The summed E-state index contributed by atoms with van der Waals surface area (Å²) in [5.74, 6) is 0. The largest absolute Gasteiger partial charge is 0.288 e. The van der Waals surface area contributed by atoms with Crippen LogP contribution in [-0.4, -0.2) is 32.9 Å². The van der Waals surface area contributed by atoms with Crippen LogP contribution in [-0.2, 0) is 11.0 Å². The molecule has 0 saturated heterocycles. The van der Waals surface area contributed by atoms with Crippen molar-refractivity contribution in [2.45, 2.75) is 0 Å². The number of nitrogens with zero attached hydrogens (tertiary/aromatic N) is 4. The molecule has 2 heterocycles. The van der Waals surface area contributed by atoms with Crippen LogP contribution in [0.2, 0.25) is 0 Å². The molecule has 0 aliphatic rings. The highest BCUT2D eigenvalue weighted by Gasteiger charge is 1.59. The van der Waals surface area contributed by atoms with E-state index in [1.54, 1.807) is 49.6 Å². The van der Waals surface area contributed by atoms with Gasteiger partial charge in [-0.25, -0.2) is 8.42 Å². The molecule has 7 nitrogen and oxygen atoms in total. The van der Waals surface area contributed by atoms with Gasteiger partial charge in [0.05, 0.1) is 0 Å². The van der Waals surface area contributed by atoms with Crippen molar-refractivity contribution in [2.24, 2.45) is 0 Å². The van der Waals surface area contributed by atoms with Crippen LogP contribution in [0.4, 0.5) is 0 Å². The Morgan fingerprint density at radius 1 is 0.647 bits per heavy atom. The van der Waals surface area contributed by atoms with Crippen LogP contribution in [0.1, 0.15) is 0 Å². The fourth-order valence-corrected chi connectivity index (χ4v) is 0.507. The molecule has 0 atom stereocenters. The molecule has 2 aromatic heterocycles. The summed E-state index contributed by atoms with van der Waals surface area (Å²) >= 11 is 0. The predicted molar refractivity (Wildman–Crippen MR) is 64.3 cm³/mol. The molecule has 0 fully saturated rings. The molecule has 0 unspecified atom stereocenters. The minimum Gasteiger partial charge on any atom is -0.288 e. The van der Waals surface area contributed by atoms with Crippen LogP contribution in [0.3, 0.4) is 0 Å². The van der Waals surface area contributed by atoms with E-state index >= 15 is 0 Å². The van der Waals surface area contributed by atoms with Gasteiger partial charge in [0, 0.05) is 49.6 Å². The average molecular weight is 279 g/mol. The first-order valence-corrected chi connectivity index (χ1v) is 5.09. The molecule has 2 aromatic rings. The fourth-order valence-electron chi connectivity index (χ4n) is 0.507. The summed E-state index contributed by atoms with van der Waals surface area (Å²) in [6.45, 7) is 0. The minimum atomic E-state index is -3.12. The zero-order valence-electron chi connectivity index (χ0n) is 8.53. The number of hydrogen-bond acceptors (Lipinski definition) is 6. The Morgan fingerprint density at radius 2 is 0.765 bits per heavy atom. The quantitative estimate of drug-likeness (QED) is 0.532. The Labute approximate surface area is 106 Å². The predicted octanol–water partition coefficient (Wildman–Crippen LogP) is 0.446. The Balaban J connectivity index is 0. The Hall–Kier alpha value is -1.64. The SMILES string of the molecule is Cl.O=[SH](=O)O.c1cnccn1.c1cnccn1. The van der Waals surface area contributed by atoms with E-state index in [1.165, 1.54) is 0 Å². The molecule has 0 aliphatic carbocycles. The minimum absolute atomic E-state index is 0. The van der Waals surface area contributed by atoms with Gasteiger partial charge in [-0.2, -0.15) is 0 Å². The number of hydrogen-bond donors (Lipinski definition) is 2. The highest BCUT2D eigenvalue weighted by molar-refractivity contribution is 7.66. The van der Waals surface area contributed by atoms with E-state index in [1.807, 2.05) is 0 Å². The van der Waals surface area contributed by atoms with Gasteiger partial charge in [0.1, 0.15) is 0 Å². The van der Waals surface area contributed by atoms with Crippen molar-refractivity contribution in [1.82, 2.24) is 19.9 Å². The van der Waals surface area contributed by atoms with Crippen LogP contribution in [0.25, 0.3) is 0 Å². The maximum absolute atomic E-state index is 8.59. The van der Waals surface area contributed by atoms with Crippen LogP contribution in [0, 0.1) is 0 Å². The molecule has 0 bridgehead atoms. The van der Waals surface area contributed by atoms with Gasteiger partial charge in [0.2, 0.25) is 0 Å². The maximum Gasteiger partial charge on any atom is 0.254 e. The molecular formula is C8H11ClN4O3S. The summed E-state index contributed by atoms with van der Waals surface area (Å²) in [7, 11) is -3.12. The van der Waals surface area contributed by atoms with Gasteiger partial charge in [-0.15, -0.1) is 12.4 Å². The first kappa shape index (κ1) is 17.7. The summed E-state index contributed by atoms with van der Waals surface area (Å²) in [4.78, 5) is 14.9. The van der Waals surface area contributed by atoms with E-state index in [0.717, 1.165) is 0 Å².